The van der Waals surface area contributed by atoms with Gasteiger partial charge in [0.2, 0.25) is 0 Å². The summed E-state index contributed by atoms with van der Waals surface area (Å²) in [5, 5.41) is 0.962. The second-order valence-electron chi connectivity index (χ2n) is 5.32. The van der Waals surface area contributed by atoms with Crippen LogP contribution in [0.3, 0.4) is 0 Å². The Labute approximate surface area is 94.2 Å². The van der Waals surface area contributed by atoms with Crippen molar-refractivity contribution in [1.29, 1.82) is 0 Å². The minimum Gasteiger partial charge on any atom is -0.152 e. The van der Waals surface area contributed by atoms with Crippen LogP contribution in [0.25, 0.3) is 0 Å². The first-order valence-corrected chi connectivity index (χ1v) is 7.12. The lowest BCUT2D eigenvalue weighted by molar-refractivity contribution is 0.424. The van der Waals surface area contributed by atoms with E-state index >= 15 is 0 Å². The van der Waals surface area contributed by atoms with Gasteiger partial charge in [-0.25, -0.2) is 0 Å². The average Bonchev–Trinajstić information content (AvgIpc) is 2.56. The number of thioether (sulfide) groups is 1. The Hall–Kier alpha value is 0.350. The summed E-state index contributed by atoms with van der Waals surface area (Å²) in [5.74, 6) is 0.859. The molecule has 0 aromatic rings. The highest BCUT2D eigenvalue weighted by atomic mass is 32.2. The van der Waals surface area contributed by atoms with Crippen LogP contribution in [0.1, 0.15) is 66.2 Å². The van der Waals surface area contributed by atoms with E-state index in [4.69, 9.17) is 0 Å². The predicted octanol–water partition coefficient (Wildman–Crippen LogP) is 4.88. The van der Waals surface area contributed by atoms with Gasteiger partial charge in [-0.1, -0.05) is 47.0 Å². The standard InChI is InChI=1S/C13H26S/c1-5-8-11(2)13(3,4)14-12-9-6-7-10-12/h11-12H,5-10H2,1-4H3. The first-order valence-electron chi connectivity index (χ1n) is 6.24. The Kier molecular flexibility index (Phi) is 4.82. The smallest absolute Gasteiger partial charge is 0.0132 e. The van der Waals surface area contributed by atoms with Crippen molar-refractivity contribution in [2.45, 2.75) is 76.2 Å². The lowest BCUT2D eigenvalue weighted by atomic mass is 9.93. The molecule has 0 N–H and O–H groups in total. The van der Waals surface area contributed by atoms with Gasteiger partial charge < -0.3 is 0 Å². The highest BCUT2D eigenvalue weighted by Gasteiger charge is 2.30. The molecule has 0 aliphatic heterocycles. The van der Waals surface area contributed by atoms with Gasteiger partial charge in [-0.2, -0.15) is 11.8 Å². The Morgan fingerprint density at radius 3 is 2.36 bits per heavy atom. The maximum Gasteiger partial charge on any atom is 0.0132 e. The molecule has 84 valence electrons. The van der Waals surface area contributed by atoms with E-state index in [0.29, 0.717) is 4.75 Å². The third kappa shape index (κ3) is 3.49. The molecule has 0 aromatic carbocycles. The summed E-state index contributed by atoms with van der Waals surface area (Å²) >= 11 is 2.26. The second-order valence-corrected chi connectivity index (χ2v) is 7.27. The maximum absolute atomic E-state index is 2.44. The third-order valence-corrected chi connectivity index (χ3v) is 5.50. The normalized spacial score (nSPS) is 21.4. The summed E-state index contributed by atoms with van der Waals surface area (Å²) in [4.78, 5) is 0. The zero-order chi connectivity index (χ0) is 10.6. The summed E-state index contributed by atoms with van der Waals surface area (Å²) in [6, 6.07) is 0. The molecule has 0 spiro atoms. The summed E-state index contributed by atoms with van der Waals surface area (Å²) < 4.78 is 0.491. The molecule has 1 aliphatic carbocycles. The van der Waals surface area contributed by atoms with Crippen LogP contribution >= 0.6 is 11.8 Å². The van der Waals surface area contributed by atoms with Crippen molar-refractivity contribution >= 4 is 11.8 Å². The fourth-order valence-corrected chi connectivity index (χ4v) is 4.11. The SMILES string of the molecule is CCCC(C)C(C)(C)SC1CCCC1. The van der Waals surface area contributed by atoms with Gasteiger partial charge in [0.05, 0.1) is 0 Å². The molecule has 0 amide bonds. The molecule has 0 bridgehead atoms. The molecule has 0 heterocycles. The van der Waals surface area contributed by atoms with Crippen molar-refractivity contribution in [3.8, 4) is 0 Å². The van der Waals surface area contributed by atoms with Gasteiger partial charge in [-0.05, 0) is 25.2 Å². The molecule has 14 heavy (non-hydrogen) atoms. The zero-order valence-electron chi connectivity index (χ0n) is 10.3. The fourth-order valence-electron chi connectivity index (χ4n) is 2.33. The zero-order valence-corrected chi connectivity index (χ0v) is 11.1. The van der Waals surface area contributed by atoms with Crippen LogP contribution in [0.5, 0.6) is 0 Å². The Balaban J connectivity index is 2.38. The van der Waals surface area contributed by atoms with E-state index < -0.39 is 0 Å². The van der Waals surface area contributed by atoms with Crippen molar-refractivity contribution in [2.24, 2.45) is 5.92 Å². The van der Waals surface area contributed by atoms with Crippen molar-refractivity contribution in [3.05, 3.63) is 0 Å². The van der Waals surface area contributed by atoms with E-state index in [1.165, 1.54) is 38.5 Å². The number of rotatable bonds is 5. The van der Waals surface area contributed by atoms with E-state index in [1.807, 2.05) is 0 Å². The van der Waals surface area contributed by atoms with E-state index in [-0.39, 0.29) is 0 Å². The lowest BCUT2D eigenvalue weighted by Gasteiger charge is -2.33. The molecule has 0 nitrogen and oxygen atoms in total. The average molecular weight is 214 g/mol. The molecule has 1 heteroatoms. The number of hydrogen-bond donors (Lipinski definition) is 0. The van der Waals surface area contributed by atoms with E-state index in [0.717, 1.165) is 11.2 Å². The van der Waals surface area contributed by atoms with Crippen molar-refractivity contribution < 1.29 is 0 Å². The molecular formula is C13H26S. The molecule has 0 radical (unpaired) electrons. The van der Waals surface area contributed by atoms with Gasteiger partial charge in [0, 0.05) is 10.00 Å². The fraction of sp³-hybridized carbons (Fsp3) is 1.00. The van der Waals surface area contributed by atoms with E-state index in [9.17, 15) is 0 Å². The first-order chi connectivity index (χ1) is 6.56. The van der Waals surface area contributed by atoms with Crippen LogP contribution < -0.4 is 0 Å². The van der Waals surface area contributed by atoms with Crippen molar-refractivity contribution in [1.82, 2.24) is 0 Å². The van der Waals surface area contributed by atoms with Crippen LogP contribution in [0.4, 0.5) is 0 Å². The maximum atomic E-state index is 2.44. The lowest BCUT2D eigenvalue weighted by Crippen LogP contribution is -2.27. The van der Waals surface area contributed by atoms with Crippen molar-refractivity contribution in [3.63, 3.8) is 0 Å². The van der Waals surface area contributed by atoms with Crippen molar-refractivity contribution in [2.75, 3.05) is 0 Å². The van der Waals surface area contributed by atoms with Crippen LogP contribution in [0.15, 0.2) is 0 Å². The minimum atomic E-state index is 0.491. The topological polar surface area (TPSA) is 0 Å². The van der Waals surface area contributed by atoms with E-state index in [1.54, 1.807) is 0 Å². The monoisotopic (exact) mass is 214 g/mol. The van der Waals surface area contributed by atoms with Gasteiger partial charge in [0.15, 0.2) is 0 Å². The highest BCUT2D eigenvalue weighted by molar-refractivity contribution is 8.01. The summed E-state index contributed by atoms with van der Waals surface area (Å²) in [5.41, 5.74) is 0. The molecule has 1 atom stereocenters. The molecular weight excluding hydrogens is 188 g/mol. The second kappa shape index (κ2) is 5.44. The Bertz CT molecular complexity index is 157. The molecule has 1 saturated carbocycles. The predicted molar refractivity (Wildman–Crippen MR) is 68.0 cm³/mol. The van der Waals surface area contributed by atoms with Gasteiger partial charge in [-0.3, -0.25) is 0 Å². The van der Waals surface area contributed by atoms with Crippen LogP contribution in [0.2, 0.25) is 0 Å². The van der Waals surface area contributed by atoms with Gasteiger partial charge in [-0.15, -0.1) is 0 Å². The van der Waals surface area contributed by atoms with E-state index in [2.05, 4.69) is 39.5 Å². The van der Waals surface area contributed by atoms with Gasteiger partial charge >= 0.3 is 0 Å². The van der Waals surface area contributed by atoms with Crippen LogP contribution in [-0.4, -0.2) is 10.00 Å². The summed E-state index contributed by atoms with van der Waals surface area (Å²) in [7, 11) is 0. The molecule has 1 aliphatic rings. The minimum absolute atomic E-state index is 0.491. The summed E-state index contributed by atoms with van der Waals surface area (Å²) in [6.07, 6.45) is 8.58. The summed E-state index contributed by atoms with van der Waals surface area (Å²) in [6.45, 7) is 9.60. The molecule has 0 aromatic heterocycles. The Morgan fingerprint density at radius 1 is 1.29 bits per heavy atom. The van der Waals surface area contributed by atoms with Gasteiger partial charge in [0.25, 0.3) is 0 Å². The molecule has 1 unspecified atom stereocenters. The molecule has 0 saturated heterocycles. The van der Waals surface area contributed by atoms with Crippen LogP contribution in [-0.2, 0) is 0 Å². The Morgan fingerprint density at radius 2 is 1.86 bits per heavy atom. The van der Waals surface area contributed by atoms with Gasteiger partial charge in [0.1, 0.15) is 0 Å². The first kappa shape index (κ1) is 12.4. The molecule has 1 fully saturated rings. The largest absolute Gasteiger partial charge is 0.152 e. The molecule has 1 rings (SSSR count). The highest BCUT2D eigenvalue weighted by Crippen LogP contribution is 2.42. The third-order valence-electron chi connectivity index (χ3n) is 3.68. The quantitative estimate of drug-likeness (QED) is 0.628. The number of hydrogen-bond acceptors (Lipinski definition) is 1. The van der Waals surface area contributed by atoms with Crippen LogP contribution in [0, 0.1) is 5.92 Å².